The monoisotopic (exact) mass is 442 g/mol. The first-order valence-electron chi connectivity index (χ1n) is 5.43. The van der Waals surface area contributed by atoms with Crippen molar-refractivity contribution in [1.29, 1.82) is 0 Å². The summed E-state index contributed by atoms with van der Waals surface area (Å²) in [6.45, 7) is 0. The number of hydrogen-bond acceptors (Lipinski definition) is 3. The maximum absolute atomic E-state index is 6.61. The molecule has 0 fully saturated rings. The summed E-state index contributed by atoms with van der Waals surface area (Å²) < 4.78 is 2.20. The molecule has 2 aromatic heterocycles. The lowest BCUT2D eigenvalue weighted by molar-refractivity contribution is 1.13. The Hall–Kier alpha value is 1.000. The van der Waals surface area contributed by atoms with Gasteiger partial charge in [0.15, 0.2) is 0 Å². The van der Waals surface area contributed by atoms with Gasteiger partial charge in [-0.05, 0) is 61.7 Å². The first kappa shape index (κ1) is 14.0. The lowest BCUT2D eigenvalue weighted by Crippen LogP contribution is -1.96. The van der Waals surface area contributed by atoms with Gasteiger partial charge in [-0.2, -0.15) is 11.8 Å². The summed E-state index contributed by atoms with van der Waals surface area (Å²) in [5, 5.41) is -0.0156. The molecule has 18 heavy (non-hydrogen) atoms. The molecule has 3 rings (SSSR count). The van der Waals surface area contributed by atoms with Gasteiger partial charge in [0.25, 0.3) is 0 Å². The lowest BCUT2D eigenvalue weighted by Gasteiger charge is -2.08. The van der Waals surface area contributed by atoms with Gasteiger partial charge in [0.1, 0.15) is 5.38 Å². The van der Waals surface area contributed by atoms with Gasteiger partial charge in [-0.25, -0.2) is 0 Å². The first-order valence-corrected chi connectivity index (χ1v) is 10.2. The Balaban J connectivity index is 1.92. The van der Waals surface area contributed by atoms with Crippen molar-refractivity contribution in [2.24, 2.45) is 0 Å². The van der Waals surface area contributed by atoms with E-state index < -0.39 is 0 Å². The van der Waals surface area contributed by atoms with Crippen LogP contribution in [0.5, 0.6) is 0 Å². The molecule has 0 spiro atoms. The zero-order valence-corrected chi connectivity index (χ0v) is 15.6. The van der Waals surface area contributed by atoms with E-state index in [1.165, 1.54) is 32.4 Å². The Kier molecular flexibility index (Phi) is 4.48. The van der Waals surface area contributed by atoms with Crippen LogP contribution in [0.3, 0.4) is 0 Å². The van der Waals surface area contributed by atoms with Crippen molar-refractivity contribution < 1.29 is 0 Å². The number of aryl methyl sites for hydroxylation is 1. The standard InChI is InChI=1S/C12H9Br2ClS3/c13-7-4-10(18-12(7)14)11(15)9-3-6-5-16-2-1-8(6)17-9/h3-4,11H,1-2,5H2. The van der Waals surface area contributed by atoms with Crippen molar-refractivity contribution in [3.05, 3.63) is 40.6 Å². The average Bonchev–Trinajstić information content (AvgIpc) is 2.93. The lowest BCUT2D eigenvalue weighted by atomic mass is 10.2. The van der Waals surface area contributed by atoms with E-state index in [-0.39, 0.29) is 5.38 Å². The normalized spacial score (nSPS) is 16.6. The van der Waals surface area contributed by atoms with Crippen LogP contribution in [-0.2, 0) is 12.2 Å². The van der Waals surface area contributed by atoms with Crippen LogP contribution in [0, 0.1) is 0 Å². The predicted molar refractivity (Wildman–Crippen MR) is 91.6 cm³/mol. The number of fused-ring (bicyclic) bond motifs is 1. The highest BCUT2D eigenvalue weighted by molar-refractivity contribution is 9.13. The highest BCUT2D eigenvalue weighted by Crippen LogP contribution is 2.44. The summed E-state index contributed by atoms with van der Waals surface area (Å²) in [7, 11) is 0. The van der Waals surface area contributed by atoms with Crippen molar-refractivity contribution in [3.8, 4) is 0 Å². The molecule has 6 heteroatoms. The highest BCUT2D eigenvalue weighted by Gasteiger charge is 2.21. The van der Waals surface area contributed by atoms with Crippen molar-refractivity contribution >= 4 is 77.9 Å². The second kappa shape index (κ2) is 5.78. The van der Waals surface area contributed by atoms with Gasteiger partial charge in [0.05, 0.1) is 3.79 Å². The second-order valence-corrected chi connectivity index (χ2v) is 10.00. The van der Waals surface area contributed by atoms with Crippen molar-refractivity contribution in [3.63, 3.8) is 0 Å². The van der Waals surface area contributed by atoms with Gasteiger partial charge in [-0.1, -0.05) is 0 Å². The Bertz CT molecular complexity index is 533. The number of alkyl halides is 1. The molecule has 0 amide bonds. The predicted octanol–water partition coefficient (Wildman–Crippen LogP) is 6.45. The molecular formula is C12H9Br2ClS3. The molecule has 0 bridgehead atoms. The van der Waals surface area contributed by atoms with E-state index in [0.29, 0.717) is 0 Å². The smallest absolute Gasteiger partial charge is 0.102 e. The minimum absolute atomic E-state index is 0.0156. The fraction of sp³-hybridized carbons (Fsp3) is 0.333. The van der Waals surface area contributed by atoms with Crippen LogP contribution in [0.25, 0.3) is 0 Å². The van der Waals surface area contributed by atoms with E-state index in [9.17, 15) is 0 Å². The number of thiophene rings is 2. The van der Waals surface area contributed by atoms with Gasteiger partial charge in [0, 0.05) is 24.9 Å². The van der Waals surface area contributed by atoms with Crippen LogP contribution < -0.4 is 0 Å². The molecule has 0 saturated heterocycles. The molecule has 0 aromatic carbocycles. The van der Waals surface area contributed by atoms with Crippen LogP contribution in [-0.4, -0.2) is 5.75 Å². The number of rotatable bonds is 2. The quantitative estimate of drug-likeness (QED) is 0.480. The van der Waals surface area contributed by atoms with Gasteiger partial charge >= 0.3 is 0 Å². The third-order valence-corrected chi connectivity index (χ3v) is 9.17. The van der Waals surface area contributed by atoms with Gasteiger partial charge in [-0.3, -0.25) is 0 Å². The van der Waals surface area contributed by atoms with Gasteiger partial charge in [-0.15, -0.1) is 34.3 Å². The third kappa shape index (κ3) is 2.72. The molecule has 0 saturated carbocycles. The minimum atomic E-state index is -0.0156. The zero-order valence-electron chi connectivity index (χ0n) is 9.21. The molecular weight excluding hydrogens is 436 g/mol. The largest absolute Gasteiger partial charge is 0.157 e. The highest BCUT2D eigenvalue weighted by atomic mass is 79.9. The molecule has 0 aliphatic carbocycles. The summed E-state index contributed by atoms with van der Waals surface area (Å²) >= 11 is 19.3. The van der Waals surface area contributed by atoms with Crippen LogP contribution in [0.1, 0.15) is 25.6 Å². The molecule has 0 N–H and O–H groups in total. The van der Waals surface area contributed by atoms with E-state index in [4.69, 9.17) is 11.6 Å². The van der Waals surface area contributed by atoms with E-state index >= 15 is 0 Å². The Labute approximate surface area is 140 Å². The third-order valence-electron chi connectivity index (χ3n) is 2.81. The summed E-state index contributed by atoms with van der Waals surface area (Å²) in [4.78, 5) is 4.01. The molecule has 0 nitrogen and oxygen atoms in total. The number of hydrogen-bond donors (Lipinski definition) is 0. The summed E-state index contributed by atoms with van der Waals surface area (Å²) in [5.41, 5.74) is 1.49. The fourth-order valence-electron chi connectivity index (χ4n) is 1.92. The van der Waals surface area contributed by atoms with Crippen molar-refractivity contribution in [2.75, 3.05) is 5.75 Å². The van der Waals surface area contributed by atoms with Gasteiger partial charge < -0.3 is 0 Å². The summed E-state index contributed by atoms with van der Waals surface area (Å²) in [6.07, 6.45) is 1.20. The second-order valence-electron chi connectivity index (χ2n) is 4.03. The summed E-state index contributed by atoms with van der Waals surface area (Å²) in [5.74, 6) is 2.39. The summed E-state index contributed by atoms with van der Waals surface area (Å²) in [6, 6.07) is 4.41. The van der Waals surface area contributed by atoms with Gasteiger partial charge in [0.2, 0.25) is 0 Å². The van der Waals surface area contributed by atoms with E-state index in [2.05, 4.69) is 44.0 Å². The fourth-order valence-corrected chi connectivity index (χ4v) is 6.85. The Morgan fingerprint density at radius 1 is 1.17 bits per heavy atom. The zero-order chi connectivity index (χ0) is 12.7. The average molecular weight is 445 g/mol. The van der Waals surface area contributed by atoms with Crippen LogP contribution in [0.2, 0.25) is 0 Å². The van der Waals surface area contributed by atoms with E-state index in [1.807, 2.05) is 23.1 Å². The molecule has 1 aliphatic heterocycles. The molecule has 2 aromatic rings. The molecule has 1 aliphatic rings. The topological polar surface area (TPSA) is 0 Å². The molecule has 0 radical (unpaired) electrons. The molecule has 96 valence electrons. The van der Waals surface area contributed by atoms with E-state index in [1.54, 1.807) is 11.3 Å². The number of thioether (sulfide) groups is 1. The van der Waals surface area contributed by atoms with Crippen molar-refractivity contribution in [2.45, 2.75) is 17.6 Å². The van der Waals surface area contributed by atoms with E-state index in [0.717, 1.165) is 14.0 Å². The maximum atomic E-state index is 6.61. The van der Waals surface area contributed by atoms with Crippen LogP contribution >= 0.6 is 77.9 Å². The maximum Gasteiger partial charge on any atom is 0.102 e. The van der Waals surface area contributed by atoms with Crippen LogP contribution in [0.4, 0.5) is 0 Å². The molecule has 1 unspecified atom stereocenters. The molecule has 1 atom stereocenters. The number of halogens is 3. The minimum Gasteiger partial charge on any atom is -0.157 e. The van der Waals surface area contributed by atoms with Crippen LogP contribution in [0.15, 0.2) is 20.4 Å². The first-order chi connectivity index (χ1) is 8.65. The SMILES string of the molecule is ClC(c1cc(Br)c(Br)s1)c1cc2c(s1)CCSC2. The Morgan fingerprint density at radius 3 is 2.61 bits per heavy atom. The Morgan fingerprint density at radius 2 is 1.94 bits per heavy atom. The molecule has 3 heterocycles. The van der Waals surface area contributed by atoms with Crippen molar-refractivity contribution in [1.82, 2.24) is 0 Å².